The lowest BCUT2D eigenvalue weighted by Crippen LogP contribution is -2.36. The van der Waals surface area contributed by atoms with E-state index in [1.54, 1.807) is 0 Å². The first-order chi connectivity index (χ1) is 32.0. The molecule has 10 aromatic rings. The first kappa shape index (κ1) is 37.4. The van der Waals surface area contributed by atoms with E-state index in [0.717, 1.165) is 39.3 Å². The largest absolute Gasteiger partial charge is 0.310 e. The third-order valence-electron chi connectivity index (χ3n) is 14.3. The molecule has 1 spiro atoms. The lowest BCUT2D eigenvalue weighted by Gasteiger charge is -2.45. The second-order valence-corrected chi connectivity index (χ2v) is 18.1. The van der Waals surface area contributed by atoms with Crippen molar-refractivity contribution >= 4 is 17.1 Å². The maximum Gasteiger partial charge on any atom is 0.160 e. The summed E-state index contributed by atoms with van der Waals surface area (Å²) in [4.78, 5) is 13.0. The van der Waals surface area contributed by atoms with Crippen LogP contribution in [0.1, 0.15) is 47.2 Å². The summed E-state index contributed by atoms with van der Waals surface area (Å²) in [6.45, 7) is 4.66. The molecule has 1 aliphatic heterocycles. The van der Waals surface area contributed by atoms with Gasteiger partial charge in [-0.25, -0.2) is 9.97 Å². The number of hydrogen-bond donors (Lipinski definition) is 0. The highest BCUT2D eigenvalue weighted by Gasteiger charge is 2.51. The summed E-state index contributed by atoms with van der Waals surface area (Å²) in [6.07, 6.45) is 0. The van der Waals surface area contributed by atoms with Crippen LogP contribution in [0.5, 0.6) is 0 Å². The highest BCUT2D eigenvalue weighted by atomic mass is 15.2. The van der Waals surface area contributed by atoms with Crippen LogP contribution in [0.3, 0.4) is 0 Å². The summed E-state index contributed by atoms with van der Waals surface area (Å²) in [5.41, 5.74) is 23.2. The second kappa shape index (κ2) is 14.2. The zero-order valence-corrected chi connectivity index (χ0v) is 36.2. The zero-order valence-electron chi connectivity index (χ0n) is 36.2. The van der Waals surface area contributed by atoms with Crippen molar-refractivity contribution in [2.45, 2.75) is 24.7 Å². The minimum absolute atomic E-state index is 0.109. The van der Waals surface area contributed by atoms with Gasteiger partial charge in [0.1, 0.15) is 0 Å². The standard InChI is InChI=1S/C62H43N3/c1-61(2)50-23-11-9-21-46(50)48-36-34-44(38-54(48)61)57-39-56(41-17-5-3-6-18-41)63-60(64-57)42-31-29-40(30-32-42)43-33-35-49-47-22-10-12-24-51(47)62(55(49)37-43)52-25-13-15-27-58(52)65(45-19-7-4-8-20-45)59-28-16-14-26-53(59)62/h3-39H,1-2H3. The molecule has 0 fully saturated rings. The molecule has 0 radical (unpaired) electrons. The SMILES string of the molecule is CC1(C)c2ccccc2-c2ccc(-c3cc(-c4ccccc4)nc(-c4ccc(-c5ccc6c(c5)C5(c7ccccc7-6)c6ccccc6N(c6ccccc6)c6ccccc65)cc4)n3)cc21. The Labute approximate surface area is 380 Å². The van der Waals surface area contributed by atoms with E-state index in [1.165, 1.54) is 72.6 Å². The number of aromatic nitrogens is 2. The molecule has 0 saturated heterocycles. The number of rotatable bonds is 5. The maximum atomic E-state index is 5.31. The van der Waals surface area contributed by atoms with E-state index in [0.29, 0.717) is 5.82 Å². The van der Waals surface area contributed by atoms with Gasteiger partial charge in [0.25, 0.3) is 0 Å². The van der Waals surface area contributed by atoms with Crippen molar-refractivity contribution in [1.82, 2.24) is 9.97 Å². The molecule has 2 aliphatic carbocycles. The number of hydrogen-bond acceptors (Lipinski definition) is 3. The zero-order chi connectivity index (χ0) is 43.3. The van der Waals surface area contributed by atoms with Crippen LogP contribution in [0, 0.1) is 0 Å². The van der Waals surface area contributed by atoms with Gasteiger partial charge in [-0.3, -0.25) is 0 Å². The molecular formula is C62H43N3. The Morgan fingerprint density at radius 1 is 0.323 bits per heavy atom. The first-order valence-electron chi connectivity index (χ1n) is 22.6. The Hall–Kier alpha value is -8.14. The topological polar surface area (TPSA) is 29.0 Å². The molecule has 3 aliphatic rings. The van der Waals surface area contributed by atoms with Gasteiger partial charge in [-0.2, -0.15) is 0 Å². The molecule has 1 aromatic heterocycles. The number of benzene rings is 9. The van der Waals surface area contributed by atoms with Crippen molar-refractivity contribution in [3.05, 3.63) is 258 Å². The fraction of sp³-hybridized carbons (Fsp3) is 0.0645. The van der Waals surface area contributed by atoms with Gasteiger partial charge in [-0.1, -0.05) is 196 Å². The van der Waals surface area contributed by atoms with E-state index in [1.807, 2.05) is 0 Å². The van der Waals surface area contributed by atoms with Crippen LogP contribution in [0.25, 0.3) is 67.3 Å². The van der Waals surface area contributed by atoms with Crippen molar-refractivity contribution in [1.29, 1.82) is 0 Å². The van der Waals surface area contributed by atoms with Gasteiger partial charge >= 0.3 is 0 Å². The van der Waals surface area contributed by atoms with Crippen molar-refractivity contribution in [3.8, 4) is 67.3 Å². The predicted octanol–water partition coefficient (Wildman–Crippen LogP) is 15.6. The molecule has 3 heteroatoms. The minimum atomic E-state index is -0.516. The number of nitrogens with zero attached hydrogens (tertiary/aromatic N) is 3. The molecular weight excluding hydrogens is 787 g/mol. The molecule has 0 saturated carbocycles. The summed E-state index contributed by atoms with van der Waals surface area (Å²) >= 11 is 0. The second-order valence-electron chi connectivity index (χ2n) is 18.1. The number of para-hydroxylation sites is 3. The Balaban J connectivity index is 0.932. The minimum Gasteiger partial charge on any atom is -0.310 e. The van der Waals surface area contributed by atoms with Crippen LogP contribution in [0.15, 0.2) is 224 Å². The van der Waals surface area contributed by atoms with E-state index < -0.39 is 5.41 Å². The monoisotopic (exact) mass is 829 g/mol. The van der Waals surface area contributed by atoms with Crippen LogP contribution < -0.4 is 4.90 Å². The summed E-state index contributed by atoms with van der Waals surface area (Å²) < 4.78 is 0. The summed E-state index contributed by atoms with van der Waals surface area (Å²) in [5, 5.41) is 0. The Morgan fingerprint density at radius 2 is 0.785 bits per heavy atom. The van der Waals surface area contributed by atoms with E-state index in [9.17, 15) is 0 Å². The van der Waals surface area contributed by atoms with E-state index in [2.05, 4.69) is 243 Å². The van der Waals surface area contributed by atoms with Gasteiger partial charge in [-0.05, 0) is 109 Å². The molecule has 306 valence electrons. The average Bonchev–Trinajstić information content (AvgIpc) is 3.79. The molecule has 2 heterocycles. The quantitative estimate of drug-likeness (QED) is 0.173. The van der Waals surface area contributed by atoms with Crippen LogP contribution in [-0.2, 0) is 10.8 Å². The molecule has 3 nitrogen and oxygen atoms in total. The predicted molar refractivity (Wildman–Crippen MR) is 267 cm³/mol. The summed E-state index contributed by atoms with van der Waals surface area (Å²) in [5.74, 6) is 0.706. The maximum absolute atomic E-state index is 5.31. The summed E-state index contributed by atoms with van der Waals surface area (Å²) in [6, 6.07) is 81.9. The van der Waals surface area contributed by atoms with Crippen LogP contribution >= 0.6 is 0 Å². The fourth-order valence-electron chi connectivity index (χ4n) is 11.3. The third-order valence-corrected chi connectivity index (χ3v) is 14.3. The van der Waals surface area contributed by atoms with Gasteiger partial charge in [0.15, 0.2) is 5.82 Å². The molecule has 0 unspecified atom stereocenters. The van der Waals surface area contributed by atoms with Crippen molar-refractivity contribution in [2.75, 3.05) is 4.90 Å². The Bertz CT molecular complexity index is 3470. The molecule has 0 bridgehead atoms. The molecule has 0 amide bonds. The third kappa shape index (κ3) is 5.49. The van der Waals surface area contributed by atoms with E-state index in [4.69, 9.17) is 9.97 Å². The van der Waals surface area contributed by atoms with Crippen molar-refractivity contribution < 1.29 is 0 Å². The smallest absolute Gasteiger partial charge is 0.160 e. The molecule has 13 rings (SSSR count). The highest BCUT2D eigenvalue weighted by Crippen LogP contribution is 2.63. The normalized spacial score (nSPS) is 14.2. The van der Waals surface area contributed by atoms with Gasteiger partial charge in [-0.15, -0.1) is 0 Å². The molecule has 65 heavy (non-hydrogen) atoms. The molecule has 0 atom stereocenters. The number of anilines is 3. The lowest BCUT2D eigenvalue weighted by atomic mass is 9.64. The Morgan fingerprint density at radius 3 is 1.46 bits per heavy atom. The van der Waals surface area contributed by atoms with Crippen molar-refractivity contribution in [2.24, 2.45) is 0 Å². The summed E-state index contributed by atoms with van der Waals surface area (Å²) in [7, 11) is 0. The van der Waals surface area contributed by atoms with Gasteiger partial charge in [0.2, 0.25) is 0 Å². The first-order valence-corrected chi connectivity index (χ1v) is 22.6. The molecule has 9 aromatic carbocycles. The van der Waals surface area contributed by atoms with Crippen LogP contribution in [0.4, 0.5) is 17.1 Å². The lowest BCUT2D eigenvalue weighted by molar-refractivity contribution is 0.660. The van der Waals surface area contributed by atoms with Crippen LogP contribution in [0.2, 0.25) is 0 Å². The van der Waals surface area contributed by atoms with Crippen molar-refractivity contribution in [3.63, 3.8) is 0 Å². The Kier molecular flexibility index (Phi) is 8.17. The van der Waals surface area contributed by atoms with Gasteiger partial charge < -0.3 is 4.90 Å². The van der Waals surface area contributed by atoms with Gasteiger partial charge in [0, 0.05) is 27.8 Å². The average molecular weight is 830 g/mol. The van der Waals surface area contributed by atoms with E-state index >= 15 is 0 Å². The van der Waals surface area contributed by atoms with Gasteiger partial charge in [0.05, 0.1) is 28.2 Å². The molecule has 0 N–H and O–H groups in total. The number of fused-ring (bicyclic) bond motifs is 12. The van der Waals surface area contributed by atoms with E-state index in [-0.39, 0.29) is 5.41 Å². The highest BCUT2D eigenvalue weighted by molar-refractivity contribution is 5.96. The van der Waals surface area contributed by atoms with Crippen LogP contribution in [-0.4, -0.2) is 9.97 Å². The fourth-order valence-corrected chi connectivity index (χ4v) is 11.3.